The number of methoxy groups -OCH3 is 3. The van der Waals surface area contributed by atoms with E-state index in [1.807, 2.05) is 6.92 Å². The Kier molecular flexibility index (Phi) is 7.64. The summed E-state index contributed by atoms with van der Waals surface area (Å²) >= 11 is 0. The standard InChI is InChI=1S/C32H50O6/c1-19-12-15-32(28(35)38-9)17-16-30(5)23(26(32)20(19)2)10-11-24-29(4,18-25(33)36-7)22(13-14-31(24,30)6)21(3)27(34)37-8/h10,19-22,24,26H,11-18H2,1-9H3. The average molecular weight is 531 g/mol. The summed E-state index contributed by atoms with van der Waals surface area (Å²) in [6.07, 6.45) is 9.14. The van der Waals surface area contributed by atoms with Crippen LogP contribution in [0.2, 0.25) is 0 Å². The van der Waals surface area contributed by atoms with Gasteiger partial charge in [-0.1, -0.05) is 53.2 Å². The zero-order chi connectivity index (χ0) is 28.3. The van der Waals surface area contributed by atoms with Gasteiger partial charge in [0.05, 0.1) is 39.1 Å². The molecule has 10 unspecified atom stereocenters. The van der Waals surface area contributed by atoms with Gasteiger partial charge in [0.1, 0.15) is 0 Å². The van der Waals surface area contributed by atoms with E-state index in [1.54, 1.807) is 7.11 Å². The number of fused-ring (bicyclic) bond motifs is 5. The van der Waals surface area contributed by atoms with E-state index in [2.05, 4.69) is 40.7 Å². The first kappa shape index (κ1) is 29.1. The SMILES string of the molecule is COC(=O)CC1(C)C(C(C)C(=O)OC)CCC2(C)C1CC=C1C3C(C)C(C)CCC3(C(=O)OC)CCC12C. The molecule has 38 heavy (non-hydrogen) atoms. The fourth-order valence-corrected chi connectivity index (χ4v) is 10.2. The van der Waals surface area contributed by atoms with Crippen LogP contribution in [0.3, 0.4) is 0 Å². The van der Waals surface area contributed by atoms with Crippen LogP contribution in [0.15, 0.2) is 11.6 Å². The Hall–Kier alpha value is -1.85. The fourth-order valence-electron chi connectivity index (χ4n) is 10.2. The van der Waals surface area contributed by atoms with E-state index in [0.717, 1.165) is 44.9 Å². The quantitative estimate of drug-likeness (QED) is 0.233. The maximum atomic E-state index is 13.4. The van der Waals surface area contributed by atoms with E-state index < -0.39 is 10.8 Å². The minimum Gasteiger partial charge on any atom is -0.469 e. The first-order chi connectivity index (χ1) is 17.8. The molecule has 4 aliphatic carbocycles. The van der Waals surface area contributed by atoms with Gasteiger partial charge in [-0.25, -0.2) is 0 Å². The summed E-state index contributed by atoms with van der Waals surface area (Å²) in [4.78, 5) is 39.0. The van der Waals surface area contributed by atoms with Gasteiger partial charge in [0.15, 0.2) is 0 Å². The van der Waals surface area contributed by atoms with Gasteiger partial charge in [0.2, 0.25) is 0 Å². The highest BCUT2D eigenvalue weighted by molar-refractivity contribution is 5.79. The summed E-state index contributed by atoms with van der Waals surface area (Å²) in [6, 6.07) is 0. The predicted molar refractivity (Wildman–Crippen MR) is 146 cm³/mol. The Labute approximate surface area is 229 Å². The summed E-state index contributed by atoms with van der Waals surface area (Å²) < 4.78 is 15.9. The summed E-state index contributed by atoms with van der Waals surface area (Å²) in [7, 11) is 4.44. The van der Waals surface area contributed by atoms with Crippen LogP contribution in [-0.2, 0) is 28.6 Å². The Bertz CT molecular complexity index is 1000. The summed E-state index contributed by atoms with van der Waals surface area (Å²) in [5, 5.41) is 0. The lowest BCUT2D eigenvalue weighted by molar-refractivity contribution is -0.186. The molecule has 0 spiro atoms. The largest absolute Gasteiger partial charge is 0.469 e. The van der Waals surface area contributed by atoms with Crippen molar-refractivity contribution in [3.63, 3.8) is 0 Å². The van der Waals surface area contributed by atoms with Gasteiger partial charge in [-0.15, -0.1) is 0 Å². The molecule has 3 saturated carbocycles. The maximum absolute atomic E-state index is 13.4. The van der Waals surface area contributed by atoms with Gasteiger partial charge in [-0.2, -0.15) is 0 Å². The molecule has 6 heteroatoms. The molecule has 4 rings (SSSR count). The molecule has 3 fully saturated rings. The molecule has 0 aromatic heterocycles. The number of hydrogen-bond acceptors (Lipinski definition) is 6. The number of carbonyl (C=O) groups is 3. The normalized spacial score (nSPS) is 44.9. The van der Waals surface area contributed by atoms with Crippen LogP contribution in [0, 0.1) is 57.2 Å². The molecule has 0 heterocycles. The third-order valence-electron chi connectivity index (χ3n) is 12.8. The number of hydrogen-bond donors (Lipinski definition) is 0. The van der Waals surface area contributed by atoms with E-state index in [1.165, 1.54) is 19.8 Å². The third-order valence-corrected chi connectivity index (χ3v) is 12.8. The van der Waals surface area contributed by atoms with Crippen LogP contribution >= 0.6 is 0 Å². The van der Waals surface area contributed by atoms with Gasteiger partial charge in [0, 0.05) is 0 Å². The van der Waals surface area contributed by atoms with Crippen molar-refractivity contribution in [2.75, 3.05) is 21.3 Å². The van der Waals surface area contributed by atoms with Crippen molar-refractivity contribution in [2.45, 2.75) is 92.9 Å². The van der Waals surface area contributed by atoms with Crippen LogP contribution in [0.1, 0.15) is 92.9 Å². The first-order valence-electron chi connectivity index (χ1n) is 14.7. The zero-order valence-electron chi connectivity index (χ0n) is 25.1. The average Bonchev–Trinajstić information content (AvgIpc) is 2.89. The van der Waals surface area contributed by atoms with Crippen LogP contribution in [-0.4, -0.2) is 39.2 Å². The smallest absolute Gasteiger partial charge is 0.312 e. The Morgan fingerprint density at radius 1 is 0.947 bits per heavy atom. The molecule has 0 amide bonds. The number of carbonyl (C=O) groups excluding carboxylic acids is 3. The van der Waals surface area contributed by atoms with Crippen molar-refractivity contribution in [1.82, 2.24) is 0 Å². The monoisotopic (exact) mass is 530 g/mol. The van der Waals surface area contributed by atoms with Crippen LogP contribution in [0.5, 0.6) is 0 Å². The molecule has 0 aromatic carbocycles. The van der Waals surface area contributed by atoms with E-state index in [4.69, 9.17) is 14.2 Å². The van der Waals surface area contributed by atoms with Crippen LogP contribution in [0.25, 0.3) is 0 Å². The molecule has 0 bridgehead atoms. The van der Waals surface area contributed by atoms with Gasteiger partial charge in [-0.05, 0) is 90.8 Å². The molecule has 0 radical (unpaired) electrons. The lowest BCUT2D eigenvalue weighted by atomic mass is 9.35. The molecular weight excluding hydrogens is 480 g/mol. The topological polar surface area (TPSA) is 78.9 Å². The molecular formula is C32H50O6. The molecule has 10 atom stereocenters. The number of rotatable bonds is 5. The van der Waals surface area contributed by atoms with Crippen molar-refractivity contribution in [2.24, 2.45) is 57.2 Å². The Morgan fingerprint density at radius 2 is 1.63 bits per heavy atom. The minimum absolute atomic E-state index is 0.0250. The van der Waals surface area contributed by atoms with Crippen molar-refractivity contribution < 1.29 is 28.6 Å². The molecule has 4 aliphatic rings. The third kappa shape index (κ3) is 3.90. The second-order valence-corrected chi connectivity index (χ2v) is 13.9. The van der Waals surface area contributed by atoms with E-state index >= 15 is 0 Å². The Balaban J connectivity index is 1.84. The van der Waals surface area contributed by atoms with Gasteiger partial charge in [0.25, 0.3) is 0 Å². The van der Waals surface area contributed by atoms with Crippen LogP contribution < -0.4 is 0 Å². The number of allylic oxidation sites excluding steroid dienone is 2. The lowest BCUT2D eigenvalue weighted by Crippen LogP contribution is -2.63. The predicted octanol–water partition coefficient (Wildman–Crippen LogP) is 6.37. The highest BCUT2D eigenvalue weighted by atomic mass is 16.5. The first-order valence-corrected chi connectivity index (χ1v) is 14.7. The lowest BCUT2D eigenvalue weighted by Gasteiger charge is -2.69. The van der Waals surface area contributed by atoms with E-state index in [0.29, 0.717) is 11.8 Å². The van der Waals surface area contributed by atoms with Gasteiger partial charge >= 0.3 is 17.9 Å². The molecule has 0 aliphatic heterocycles. The summed E-state index contributed by atoms with van der Waals surface area (Å²) in [5.41, 5.74) is 0.420. The highest BCUT2D eigenvalue weighted by Crippen LogP contribution is 2.74. The molecule has 0 saturated heterocycles. The molecule has 6 nitrogen and oxygen atoms in total. The maximum Gasteiger partial charge on any atom is 0.312 e. The molecule has 0 aromatic rings. The highest BCUT2D eigenvalue weighted by Gasteiger charge is 2.68. The molecule has 214 valence electrons. The van der Waals surface area contributed by atoms with E-state index in [9.17, 15) is 14.4 Å². The summed E-state index contributed by atoms with van der Waals surface area (Å²) in [5.74, 6) is 0.582. The molecule has 0 N–H and O–H groups in total. The second-order valence-electron chi connectivity index (χ2n) is 13.9. The van der Waals surface area contributed by atoms with Crippen molar-refractivity contribution >= 4 is 17.9 Å². The number of ether oxygens (including phenoxy) is 3. The Morgan fingerprint density at radius 3 is 2.24 bits per heavy atom. The van der Waals surface area contributed by atoms with Gasteiger partial charge in [-0.3, -0.25) is 14.4 Å². The van der Waals surface area contributed by atoms with Crippen molar-refractivity contribution in [3.8, 4) is 0 Å². The van der Waals surface area contributed by atoms with Gasteiger partial charge < -0.3 is 14.2 Å². The van der Waals surface area contributed by atoms with Crippen molar-refractivity contribution in [1.29, 1.82) is 0 Å². The van der Waals surface area contributed by atoms with Crippen LogP contribution in [0.4, 0.5) is 0 Å². The fraction of sp³-hybridized carbons (Fsp3) is 0.844. The zero-order valence-corrected chi connectivity index (χ0v) is 25.1. The van der Waals surface area contributed by atoms with E-state index in [-0.39, 0.29) is 58.8 Å². The second kappa shape index (κ2) is 9.96. The summed E-state index contributed by atoms with van der Waals surface area (Å²) in [6.45, 7) is 13.7. The minimum atomic E-state index is -0.443. The number of esters is 3. The van der Waals surface area contributed by atoms with Crippen molar-refractivity contribution in [3.05, 3.63) is 11.6 Å².